The number of hydrogen-bond donors (Lipinski definition) is 0. The molecule has 0 bridgehead atoms. The van der Waals surface area contributed by atoms with Gasteiger partial charge in [-0.05, 0) is 12.1 Å². The van der Waals surface area contributed by atoms with Crippen molar-refractivity contribution in [2.75, 3.05) is 13.7 Å². The van der Waals surface area contributed by atoms with Gasteiger partial charge in [-0.15, -0.1) is 0 Å². The summed E-state index contributed by atoms with van der Waals surface area (Å²) in [6, 6.07) is 5.72. The maximum Gasteiger partial charge on any atom is 5.00 e. The monoisotopic (exact) mass is 546 g/mol. The first kappa shape index (κ1) is 39.8. The number of methoxy groups -OCH3 is 1. The molecule has 0 aliphatic heterocycles. The smallest absolute Gasteiger partial charge is 1.00 e. The van der Waals surface area contributed by atoms with Crippen LogP contribution in [0.25, 0.3) is 0 Å². The van der Waals surface area contributed by atoms with E-state index in [-0.39, 0.29) is 105 Å². The van der Waals surface area contributed by atoms with E-state index in [1.54, 1.807) is 12.4 Å². The minimum absolute atomic E-state index is 0. The summed E-state index contributed by atoms with van der Waals surface area (Å²) in [7, 11) is 1.38. The number of ether oxygens (including phenoxy) is 2. The van der Waals surface area contributed by atoms with Gasteiger partial charge in [-0.2, -0.15) is 12.8 Å². The molecule has 4 nitrogen and oxygen atoms in total. The second kappa shape index (κ2) is 28.6. The van der Waals surface area contributed by atoms with Gasteiger partial charge >= 0.3 is 30.4 Å². The predicted molar refractivity (Wildman–Crippen MR) is 74.5 cm³/mol. The summed E-state index contributed by atoms with van der Waals surface area (Å²) in [5, 5.41) is 0. The van der Waals surface area contributed by atoms with Gasteiger partial charge in [0, 0.05) is 12.4 Å². The predicted octanol–water partition coefficient (Wildman–Crippen LogP) is -13.0. The third-order valence-corrected chi connectivity index (χ3v) is 2.62. The minimum atomic E-state index is -0.287. The van der Waals surface area contributed by atoms with Crippen molar-refractivity contribution in [3.05, 3.63) is 37.0 Å². The van der Waals surface area contributed by atoms with Gasteiger partial charge in [0.05, 0.1) is 13.2 Å². The zero-order valence-electron chi connectivity index (χ0n) is 13.1. The van der Waals surface area contributed by atoms with Gasteiger partial charge in [-0.25, -0.2) is 4.79 Å². The molecule has 1 aliphatic carbocycles. The van der Waals surface area contributed by atoms with E-state index >= 15 is 0 Å². The Labute approximate surface area is 193 Å². The maximum absolute atomic E-state index is 10.7. The number of nitrogens with zero attached hydrogens (tertiary/aromatic N) is 1. The second-order valence-electron chi connectivity index (χ2n) is 3.98. The Hall–Kier alpha value is 0.848. The molecule has 2 rings (SSSR count). The molecule has 0 radical (unpaired) electrons. The van der Waals surface area contributed by atoms with Crippen LogP contribution in [0, 0.1) is 6.42 Å². The number of halogens is 5. The van der Waals surface area contributed by atoms with Crippen molar-refractivity contribution < 1.29 is 76.3 Å². The number of pyridine rings is 1. The van der Waals surface area contributed by atoms with Crippen molar-refractivity contribution in [2.24, 2.45) is 0 Å². The van der Waals surface area contributed by atoms with Crippen LogP contribution in [0.1, 0.15) is 25.7 Å². The quantitative estimate of drug-likeness (QED) is 0.214. The zero-order chi connectivity index (χ0) is 13.1. The largest absolute Gasteiger partial charge is 5.00 e. The van der Waals surface area contributed by atoms with Gasteiger partial charge in [0.15, 0.2) is 0 Å². The molecule has 1 aliphatic rings. The molecule has 0 saturated heterocycles. The molecule has 0 amide bonds. The summed E-state index contributed by atoms with van der Waals surface area (Å²) in [5.41, 5.74) is 0. The number of carbonyl (C=O) groups is 1. The van der Waals surface area contributed by atoms with Gasteiger partial charge in [-0.3, -0.25) is 4.98 Å². The fourth-order valence-electron chi connectivity index (χ4n) is 1.62. The number of esters is 1. The topological polar surface area (TPSA) is 48.4 Å². The first-order valence-corrected chi connectivity index (χ1v) is 6.18. The van der Waals surface area contributed by atoms with Crippen molar-refractivity contribution in [1.82, 2.24) is 4.98 Å². The molecule has 1 saturated carbocycles. The molecule has 1 heterocycles. The SMILES string of the molecule is COC(=O)COC1CC[CH-]CC1.[Cl-].[Cl-].[Cl-].[Cl-].[Cl-].[Sb+5].c1ccncc1. The van der Waals surface area contributed by atoms with E-state index in [1.165, 1.54) is 7.11 Å². The number of carbonyl (C=O) groups excluding carboxylic acids is 1. The van der Waals surface area contributed by atoms with Gasteiger partial charge < -0.3 is 77.9 Å². The van der Waals surface area contributed by atoms with E-state index in [0.717, 1.165) is 25.7 Å². The van der Waals surface area contributed by atoms with Crippen LogP contribution in [0.5, 0.6) is 0 Å². The van der Waals surface area contributed by atoms with Gasteiger partial charge in [-0.1, -0.05) is 18.9 Å². The summed E-state index contributed by atoms with van der Waals surface area (Å²) in [5.74, 6) is -0.287. The summed E-state index contributed by atoms with van der Waals surface area (Å²) >= 11 is 0. The van der Waals surface area contributed by atoms with Crippen LogP contribution in [0.2, 0.25) is 0 Å². The third-order valence-electron chi connectivity index (χ3n) is 2.62. The maximum atomic E-state index is 10.7. The molecule has 1 aromatic rings. The Kier molecular flexibility index (Phi) is 47.5. The molecule has 0 spiro atoms. The standard InChI is InChI=1S/C9H15O3.C5H5N.5ClH.Sb/c1-11-9(10)7-12-8-5-3-2-4-6-8;1-2-4-6-5-3-1;;;;;;/h2,8H,3-7H2,1H3;1-5H;5*1H;/q-1;;;;;;;+5/p-5. The van der Waals surface area contributed by atoms with Crippen molar-refractivity contribution in [2.45, 2.75) is 31.8 Å². The Morgan fingerprint density at radius 2 is 1.54 bits per heavy atom. The number of hydrogen-bond acceptors (Lipinski definition) is 4. The molecular weight excluding hydrogens is 529 g/mol. The van der Waals surface area contributed by atoms with Crippen LogP contribution in [-0.4, -0.2) is 55.2 Å². The molecule has 1 aromatic heterocycles. The Balaban J connectivity index is -0.0000000600. The second-order valence-corrected chi connectivity index (χ2v) is 3.98. The molecule has 24 heavy (non-hydrogen) atoms. The molecule has 0 N–H and O–H groups in total. The minimum Gasteiger partial charge on any atom is -1.00 e. The van der Waals surface area contributed by atoms with E-state index in [1.807, 2.05) is 18.2 Å². The van der Waals surface area contributed by atoms with Gasteiger partial charge in [0.25, 0.3) is 0 Å². The van der Waals surface area contributed by atoms with E-state index in [4.69, 9.17) is 4.74 Å². The van der Waals surface area contributed by atoms with Crippen molar-refractivity contribution >= 4 is 30.4 Å². The van der Waals surface area contributed by atoms with E-state index in [2.05, 4.69) is 16.1 Å². The van der Waals surface area contributed by atoms with Crippen LogP contribution < -0.4 is 62.0 Å². The number of aromatic nitrogens is 1. The van der Waals surface area contributed by atoms with E-state index in [9.17, 15) is 4.79 Å². The van der Waals surface area contributed by atoms with Crippen LogP contribution in [-0.2, 0) is 14.3 Å². The molecule has 140 valence electrons. The fourth-order valence-corrected chi connectivity index (χ4v) is 1.62. The average molecular weight is 549 g/mol. The van der Waals surface area contributed by atoms with Crippen LogP contribution in [0.15, 0.2) is 30.6 Å². The third kappa shape index (κ3) is 22.8. The van der Waals surface area contributed by atoms with Crippen LogP contribution >= 0.6 is 0 Å². The van der Waals surface area contributed by atoms with Crippen molar-refractivity contribution in [3.8, 4) is 0 Å². The van der Waals surface area contributed by atoms with Crippen molar-refractivity contribution in [1.29, 1.82) is 0 Å². The molecule has 0 unspecified atom stereocenters. The Bertz CT molecular complexity index is 307. The zero-order valence-corrected chi connectivity index (χ0v) is 19.4. The van der Waals surface area contributed by atoms with Crippen LogP contribution in [0.3, 0.4) is 0 Å². The van der Waals surface area contributed by atoms with Gasteiger partial charge in [0.2, 0.25) is 0 Å². The molecular formula is C14H20Cl5NO3Sb-. The molecule has 10 heteroatoms. The molecule has 0 atom stereocenters. The summed E-state index contributed by atoms with van der Waals surface area (Å²) < 4.78 is 9.81. The molecule has 1 fully saturated rings. The van der Waals surface area contributed by atoms with E-state index in [0.29, 0.717) is 0 Å². The average Bonchev–Trinajstić information content (AvgIpc) is 2.48. The Morgan fingerprint density at radius 3 is 1.88 bits per heavy atom. The number of rotatable bonds is 3. The Morgan fingerprint density at radius 1 is 1.04 bits per heavy atom. The summed E-state index contributed by atoms with van der Waals surface area (Å²) in [4.78, 5) is 14.5. The first-order chi connectivity index (χ1) is 8.83. The summed E-state index contributed by atoms with van der Waals surface area (Å²) in [6.07, 6.45) is 10.3. The van der Waals surface area contributed by atoms with Gasteiger partial charge in [0.1, 0.15) is 6.61 Å². The van der Waals surface area contributed by atoms with Crippen molar-refractivity contribution in [3.63, 3.8) is 0 Å². The first-order valence-electron chi connectivity index (χ1n) is 6.18. The fraction of sp³-hybridized carbons (Fsp3) is 0.500. The molecule has 0 aromatic carbocycles. The normalized spacial score (nSPS) is 11.5. The van der Waals surface area contributed by atoms with Crippen LogP contribution in [0.4, 0.5) is 0 Å². The van der Waals surface area contributed by atoms with E-state index < -0.39 is 0 Å². The summed E-state index contributed by atoms with van der Waals surface area (Å²) in [6.45, 7) is 0.0984.